The average Bonchev–Trinajstić information content (AvgIpc) is 3.39. The Hall–Kier alpha value is -4.06. The highest BCUT2D eigenvalue weighted by Gasteiger charge is 2.22. The summed E-state index contributed by atoms with van der Waals surface area (Å²) in [5.74, 6) is -0.0427. The average molecular weight is 480 g/mol. The van der Waals surface area contributed by atoms with Gasteiger partial charge in [0.05, 0.1) is 29.9 Å². The van der Waals surface area contributed by atoms with E-state index < -0.39 is 11.7 Å². The number of aromatic nitrogens is 6. The van der Waals surface area contributed by atoms with Crippen molar-refractivity contribution in [2.75, 3.05) is 16.0 Å². The summed E-state index contributed by atoms with van der Waals surface area (Å²) < 4.78 is 17.2. The molecule has 4 aromatic heterocycles. The Balaban J connectivity index is 1.51. The number of hydrogen-bond acceptors (Lipinski definition) is 8. The Morgan fingerprint density at radius 3 is 2.63 bits per heavy atom. The van der Waals surface area contributed by atoms with E-state index >= 15 is 0 Å². The number of nitrogens with one attached hydrogen (secondary N) is 3. The molecule has 0 radical (unpaired) electrons. The van der Waals surface area contributed by atoms with Gasteiger partial charge in [-0.3, -0.25) is 14.5 Å². The molecule has 11 nitrogen and oxygen atoms in total. The molecule has 0 unspecified atom stereocenters. The fourth-order valence-electron chi connectivity index (χ4n) is 4.14. The summed E-state index contributed by atoms with van der Waals surface area (Å²) >= 11 is 0. The summed E-state index contributed by atoms with van der Waals surface area (Å²) in [5, 5.41) is 28.1. The van der Waals surface area contributed by atoms with Gasteiger partial charge >= 0.3 is 0 Å². The standard InChI is InChI=1S/C23H26FN9O2/c1-13-9-20(30-32(13)2)28-18-10-21(27-14-3-5-15(34)6-4-14)31-33-19(12-26-22(18)33)23(35)29-17-7-8-25-11-16(17)24/h7-12,14-15,34H,3-6H2,1-2H3,(H,27,31)(H,28,30)(H,25,29,35)/t14-,15-. The van der Waals surface area contributed by atoms with Crippen LogP contribution in [0.25, 0.3) is 5.65 Å². The normalized spacial score (nSPS) is 17.9. The Labute approximate surface area is 200 Å². The molecule has 4 N–H and O–H groups in total. The van der Waals surface area contributed by atoms with Crippen LogP contribution in [0.1, 0.15) is 41.9 Å². The summed E-state index contributed by atoms with van der Waals surface area (Å²) in [5.41, 5.74) is 2.14. The van der Waals surface area contributed by atoms with E-state index in [2.05, 4.69) is 36.1 Å². The van der Waals surface area contributed by atoms with Crippen LogP contribution in [0.5, 0.6) is 0 Å². The maximum absolute atomic E-state index is 14.0. The molecule has 0 saturated heterocycles. The highest BCUT2D eigenvalue weighted by atomic mass is 19.1. The zero-order valence-electron chi connectivity index (χ0n) is 19.4. The van der Waals surface area contributed by atoms with Crippen molar-refractivity contribution >= 4 is 34.6 Å². The second-order valence-corrected chi connectivity index (χ2v) is 8.70. The maximum atomic E-state index is 14.0. The van der Waals surface area contributed by atoms with Crippen LogP contribution in [0.4, 0.5) is 27.4 Å². The first-order valence-electron chi connectivity index (χ1n) is 11.4. The van der Waals surface area contributed by atoms with Crippen molar-refractivity contribution in [1.29, 1.82) is 0 Å². The van der Waals surface area contributed by atoms with E-state index in [0.717, 1.165) is 24.7 Å². The number of carbonyl (C=O) groups is 1. The number of halogens is 1. The van der Waals surface area contributed by atoms with Gasteiger partial charge in [0.25, 0.3) is 5.91 Å². The first-order valence-corrected chi connectivity index (χ1v) is 11.4. The number of imidazole rings is 1. The van der Waals surface area contributed by atoms with Crippen LogP contribution in [-0.2, 0) is 7.05 Å². The van der Waals surface area contributed by atoms with Gasteiger partial charge in [-0.1, -0.05) is 0 Å². The minimum Gasteiger partial charge on any atom is -0.393 e. The third-order valence-corrected chi connectivity index (χ3v) is 6.15. The summed E-state index contributed by atoms with van der Waals surface area (Å²) in [6.07, 6.45) is 6.59. The van der Waals surface area contributed by atoms with E-state index in [9.17, 15) is 14.3 Å². The fraction of sp³-hybridized carbons (Fsp3) is 0.348. The molecular formula is C23H26FN9O2. The minimum atomic E-state index is -0.641. The van der Waals surface area contributed by atoms with E-state index in [4.69, 9.17) is 0 Å². The predicted octanol–water partition coefficient (Wildman–Crippen LogP) is 3.02. The number of fused-ring (bicyclic) bond motifs is 1. The minimum absolute atomic E-state index is 0.0114. The van der Waals surface area contributed by atoms with Crippen LogP contribution in [0.3, 0.4) is 0 Å². The second kappa shape index (κ2) is 9.29. The third-order valence-electron chi connectivity index (χ3n) is 6.15. The van der Waals surface area contributed by atoms with Crippen LogP contribution in [-0.4, -0.2) is 52.5 Å². The summed E-state index contributed by atoms with van der Waals surface area (Å²) in [6, 6.07) is 5.24. The smallest absolute Gasteiger partial charge is 0.276 e. The molecule has 4 heterocycles. The van der Waals surface area contributed by atoms with Gasteiger partial charge in [-0.05, 0) is 38.7 Å². The van der Waals surface area contributed by atoms with Gasteiger partial charge in [0, 0.05) is 37.1 Å². The molecule has 0 spiro atoms. The third kappa shape index (κ3) is 4.78. The van der Waals surface area contributed by atoms with Crippen LogP contribution >= 0.6 is 0 Å². The molecule has 1 aliphatic carbocycles. The number of anilines is 4. The molecule has 1 aliphatic rings. The van der Waals surface area contributed by atoms with Gasteiger partial charge in [-0.25, -0.2) is 13.9 Å². The summed E-state index contributed by atoms with van der Waals surface area (Å²) in [7, 11) is 1.85. The lowest BCUT2D eigenvalue weighted by atomic mass is 9.93. The predicted molar refractivity (Wildman–Crippen MR) is 128 cm³/mol. The van der Waals surface area contributed by atoms with Crippen molar-refractivity contribution < 1.29 is 14.3 Å². The van der Waals surface area contributed by atoms with Crippen molar-refractivity contribution in [3.8, 4) is 0 Å². The van der Waals surface area contributed by atoms with Crippen molar-refractivity contribution in [2.24, 2.45) is 7.05 Å². The lowest BCUT2D eigenvalue weighted by Gasteiger charge is -2.26. The molecular weight excluding hydrogens is 453 g/mol. The van der Waals surface area contributed by atoms with Crippen molar-refractivity contribution in [3.05, 3.63) is 54.0 Å². The fourth-order valence-corrected chi connectivity index (χ4v) is 4.14. The first kappa shape index (κ1) is 22.7. The quantitative estimate of drug-likeness (QED) is 0.332. The van der Waals surface area contributed by atoms with Crippen LogP contribution in [0.2, 0.25) is 0 Å². The van der Waals surface area contributed by atoms with E-state index in [0.29, 0.717) is 35.8 Å². The molecule has 12 heteroatoms. The van der Waals surface area contributed by atoms with Gasteiger partial charge < -0.3 is 21.1 Å². The van der Waals surface area contributed by atoms with Crippen LogP contribution < -0.4 is 16.0 Å². The van der Waals surface area contributed by atoms with Gasteiger partial charge in [0.2, 0.25) is 0 Å². The lowest BCUT2D eigenvalue weighted by Crippen LogP contribution is -2.29. The number of aliphatic hydroxyl groups is 1. The zero-order valence-corrected chi connectivity index (χ0v) is 19.4. The Kier molecular flexibility index (Phi) is 6.03. The van der Waals surface area contributed by atoms with Crippen LogP contribution in [0.15, 0.2) is 36.8 Å². The topological polar surface area (TPSA) is 134 Å². The molecule has 0 bridgehead atoms. The van der Waals surface area contributed by atoms with Crippen LogP contribution in [0, 0.1) is 12.7 Å². The molecule has 182 valence electrons. The van der Waals surface area contributed by atoms with Crippen molar-refractivity contribution in [1.82, 2.24) is 29.4 Å². The largest absolute Gasteiger partial charge is 0.393 e. The summed E-state index contributed by atoms with van der Waals surface area (Å²) in [4.78, 5) is 21.1. The number of rotatable bonds is 6. The maximum Gasteiger partial charge on any atom is 0.276 e. The highest BCUT2D eigenvalue weighted by Crippen LogP contribution is 2.27. The Morgan fingerprint density at radius 2 is 1.91 bits per heavy atom. The number of nitrogens with zero attached hydrogens (tertiary/aromatic N) is 6. The van der Waals surface area contributed by atoms with E-state index in [1.54, 1.807) is 4.68 Å². The van der Waals surface area contributed by atoms with Gasteiger partial charge in [-0.15, -0.1) is 5.10 Å². The highest BCUT2D eigenvalue weighted by molar-refractivity contribution is 6.03. The SMILES string of the molecule is Cc1cc(Nc2cc(N[C@H]3CC[C@H](O)CC3)nn3c(C(=O)Nc4ccncc4F)cnc23)nn1C. The molecule has 0 aromatic carbocycles. The van der Waals surface area contributed by atoms with E-state index in [1.165, 1.54) is 23.0 Å². The number of carbonyl (C=O) groups excluding carboxylic acids is 1. The lowest BCUT2D eigenvalue weighted by molar-refractivity contribution is 0.101. The first-order chi connectivity index (χ1) is 16.9. The van der Waals surface area contributed by atoms with Gasteiger partial charge in [0.1, 0.15) is 5.82 Å². The number of amides is 1. The van der Waals surface area contributed by atoms with E-state index in [-0.39, 0.29) is 23.5 Å². The monoisotopic (exact) mass is 479 g/mol. The molecule has 5 rings (SSSR count). The number of pyridine rings is 1. The van der Waals surface area contributed by atoms with Gasteiger partial charge in [-0.2, -0.15) is 5.10 Å². The Morgan fingerprint density at radius 1 is 1.11 bits per heavy atom. The molecule has 35 heavy (non-hydrogen) atoms. The second-order valence-electron chi connectivity index (χ2n) is 8.70. The van der Waals surface area contributed by atoms with Crippen molar-refractivity contribution in [2.45, 2.75) is 44.8 Å². The summed E-state index contributed by atoms with van der Waals surface area (Å²) in [6.45, 7) is 1.95. The number of aryl methyl sites for hydroxylation is 2. The Bertz CT molecular complexity index is 1360. The molecule has 0 aliphatic heterocycles. The molecule has 1 amide bonds. The number of hydrogen-bond donors (Lipinski definition) is 4. The molecule has 0 atom stereocenters. The molecule has 1 fully saturated rings. The number of aliphatic hydroxyl groups excluding tert-OH is 1. The van der Waals surface area contributed by atoms with Gasteiger partial charge in [0.15, 0.2) is 23.0 Å². The van der Waals surface area contributed by atoms with E-state index in [1.807, 2.05) is 26.1 Å². The molecule has 1 saturated carbocycles. The zero-order chi connectivity index (χ0) is 24.5. The molecule has 4 aromatic rings. The van der Waals surface area contributed by atoms with Crippen molar-refractivity contribution in [3.63, 3.8) is 0 Å².